The van der Waals surface area contributed by atoms with Gasteiger partial charge in [-0.3, -0.25) is 10.00 Å². The molecule has 0 spiro atoms. The molecular weight excluding hydrogens is 398 g/mol. The molecule has 1 aromatic carbocycles. The van der Waals surface area contributed by atoms with Crippen molar-refractivity contribution in [1.82, 2.24) is 24.6 Å². The number of sulfone groups is 1. The van der Waals surface area contributed by atoms with E-state index >= 15 is 0 Å². The number of benzene rings is 1. The molecule has 0 saturated heterocycles. The van der Waals surface area contributed by atoms with Crippen molar-refractivity contribution < 1.29 is 8.42 Å². The molecule has 0 aliphatic carbocycles. The minimum absolute atomic E-state index is 0.0500. The number of aromatic nitrogens is 4. The topological polar surface area (TPSA) is 83.9 Å². The quantitative estimate of drug-likeness (QED) is 0.563. The molecule has 0 aliphatic heterocycles. The minimum Gasteiger partial charge on any atom is -0.317 e. The second-order valence-corrected chi connectivity index (χ2v) is 10.2. The van der Waals surface area contributed by atoms with Crippen LogP contribution >= 0.6 is 0 Å². The summed E-state index contributed by atoms with van der Waals surface area (Å²) in [6, 6.07) is 9.25. The van der Waals surface area contributed by atoms with Crippen LogP contribution in [0.2, 0.25) is 0 Å². The molecule has 0 bridgehead atoms. The van der Waals surface area contributed by atoms with E-state index in [1.54, 1.807) is 6.20 Å². The average molecular weight is 430 g/mol. The molecule has 0 saturated carbocycles. The molecule has 0 fully saturated rings. The van der Waals surface area contributed by atoms with Gasteiger partial charge in [0.05, 0.1) is 23.3 Å². The van der Waals surface area contributed by atoms with Crippen molar-refractivity contribution in [1.29, 1.82) is 0 Å². The van der Waals surface area contributed by atoms with Gasteiger partial charge in [0.25, 0.3) is 0 Å². The minimum atomic E-state index is -3.55. The third-order valence-corrected chi connectivity index (χ3v) is 6.66. The number of imidazole rings is 1. The number of nitrogens with one attached hydrogen (secondary N) is 1. The van der Waals surface area contributed by atoms with Crippen molar-refractivity contribution in [2.45, 2.75) is 58.2 Å². The standard InChI is InChI=1S/C22H31N5O2S/c1-16(2)12-27-20(13-26(5)14-21-17(3)24-25-18(21)4)11-23-22(27)30(28,29)15-19-9-7-6-8-10-19/h6-11,16H,12-15H2,1-5H3,(H,24,25). The summed E-state index contributed by atoms with van der Waals surface area (Å²) < 4.78 is 28.1. The van der Waals surface area contributed by atoms with Crippen molar-refractivity contribution in [3.05, 3.63) is 64.7 Å². The molecule has 0 unspecified atom stereocenters. The van der Waals surface area contributed by atoms with E-state index in [1.165, 1.54) is 5.56 Å². The van der Waals surface area contributed by atoms with Crippen LogP contribution in [-0.2, 0) is 35.2 Å². The predicted octanol–water partition coefficient (Wildman–Crippen LogP) is 3.48. The van der Waals surface area contributed by atoms with Gasteiger partial charge in [-0.25, -0.2) is 13.4 Å². The van der Waals surface area contributed by atoms with Crippen LogP contribution in [-0.4, -0.2) is 40.1 Å². The van der Waals surface area contributed by atoms with Crippen molar-refractivity contribution in [3.8, 4) is 0 Å². The third kappa shape index (κ3) is 5.17. The summed E-state index contributed by atoms with van der Waals surface area (Å²) >= 11 is 0. The first kappa shape index (κ1) is 22.2. The number of aromatic amines is 1. The maximum Gasteiger partial charge on any atom is 0.228 e. The summed E-state index contributed by atoms with van der Waals surface area (Å²) in [5.41, 5.74) is 4.88. The second-order valence-electron chi connectivity index (χ2n) is 8.37. The van der Waals surface area contributed by atoms with Crippen LogP contribution in [0.25, 0.3) is 0 Å². The van der Waals surface area contributed by atoms with Crippen LogP contribution < -0.4 is 0 Å². The number of hydrogen-bond acceptors (Lipinski definition) is 5. The van der Waals surface area contributed by atoms with Gasteiger partial charge in [-0.15, -0.1) is 0 Å². The van der Waals surface area contributed by atoms with Crippen molar-refractivity contribution in [2.75, 3.05) is 7.05 Å². The first-order valence-electron chi connectivity index (χ1n) is 10.2. The van der Waals surface area contributed by atoms with Gasteiger partial charge in [0.2, 0.25) is 15.0 Å². The number of nitrogens with zero attached hydrogens (tertiary/aromatic N) is 4. The van der Waals surface area contributed by atoms with Crippen molar-refractivity contribution >= 4 is 9.84 Å². The zero-order valence-corrected chi connectivity index (χ0v) is 19.2. The molecule has 8 heteroatoms. The van der Waals surface area contributed by atoms with Crippen LogP contribution in [0.5, 0.6) is 0 Å². The molecule has 7 nitrogen and oxygen atoms in total. The monoisotopic (exact) mass is 429 g/mol. The molecular formula is C22H31N5O2S. The van der Waals surface area contributed by atoms with Crippen LogP contribution in [0.4, 0.5) is 0 Å². The first-order valence-corrected chi connectivity index (χ1v) is 11.8. The Morgan fingerprint density at radius 2 is 1.83 bits per heavy atom. The Balaban J connectivity index is 1.86. The maximum atomic E-state index is 13.1. The van der Waals surface area contributed by atoms with Gasteiger partial charge in [0.1, 0.15) is 0 Å². The van der Waals surface area contributed by atoms with E-state index < -0.39 is 9.84 Å². The Labute approximate surface area is 179 Å². The van der Waals surface area contributed by atoms with E-state index in [-0.39, 0.29) is 10.9 Å². The van der Waals surface area contributed by atoms with E-state index in [0.717, 1.165) is 29.2 Å². The van der Waals surface area contributed by atoms with Gasteiger partial charge in [-0.05, 0) is 32.4 Å². The molecule has 2 heterocycles. The maximum absolute atomic E-state index is 13.1. The molecule has 0 radical (unpaired) electrons. The molecule has 0 aliphatic rings. The summed E-state index contributed by atoms with van der Waals surface area (Å²) in [7, 11) is -1.53. The van der Waals surface area contributed by atoms with Crippen molar-refractivity contribution in [3.63, 3.8) is 0 Å². The van der Waals surface area contributed by atoms with Crippen LogP contribution in [0.15, 0.2) is 41.7 Å². The van der Waals surface area contributed by atoms with Crippen LogP contribution in [0.1, 0.15) is 42.1 Å². The first-order chi connectivity index (χ1) is 14.2. The summed E-state index contributed by atoms with van der Waals surface area (Å²) in [6.07, 6.45) is 1.70. The molecule has 1 N–H and O–H groups in total. The average Bonchev–Trinajstić information content (AvgIpc) is 3.20. The lowest BCUT2D eigenvalue weighted by Gasteiger charge is -2.20. The van der Waals surface area contributed by atoms with Gasteiger partial charge in [0.15, 0.2) is 0 Å². The Bertz CT molecular complexity index is 1060. The van der Waals surface area contributed by atoms with Crippen molar-refractivity contribution in [2.24, 2.45) is 5.92 Å². The zero-order valence-electron chi connectivity index (χ0n) is 18.4. The summed E-state index contributed by atoms with van der Waals surface area (Å²) in [5, 5.41) is 7.43. The largest absolute Gasteiger partial charge is 0.317 e. The third-order valence-electron chi connectivity index (χ3n) is 5.07. The van der Waals surface area contributed by atoms with E-state index in [9.17, 15) is 8.42 Å². The number of H-pyrrole nitrogens is 1. The SMILES string of the molecule is Cc1n[nH]c(C)c1CN(C)Cc1cnc(S(=O)(=O)Cc2ccccc2)n1CC(C)C. The van der Waals surface area contributed by atoms with E-state index in [4.69, 9.17) is 0 Å². The second kappa shape index (κ2) is 9.14. The van der Waals surface area contributed by atoms with Gasteiger partial charge in [-0.2, -0.15) is 5.10 Å². The van der Waals surface area contributed by atoms with E-state index in [1.807, 2.05) is 55.8 Å². The zero-order chi connectivity index (χ0) is 21.9. The van der Waals surface area contributed by atoms with Gasteiger partial charge < -0.3 is 4.57 Å². The highest BCUT2D eigenvalue weighted by atomic mass is 32.2. The molecule has 0 amide bonds. The fraction of sp³-hybridized carbons (Fsp3) is 0.455. The number of rotatable bonds is 9. The summed E-state index contributed by atoms with van der Waals surface area (Å²) in [6.45, 7) is 10.1. The molecule has 30 heavy (non-hydrogen) atoms. The van der Waals surface area contributed by atoms with Crippen LogP contribution in [0.3, 0.4) is 0 Å². The van der Waals surface area contributed by atoms with Gasteiger partial charge in [0, 0.05) is 30.9 Å². The Kier molecular flexibility index (Phi) is 6.77. The normalized spacial score (nSPS) is 12.2. The Morgan fingerprint density at radius 3 is 2.43 bits per heavy atom. The lowest BCUT2D eigenvalue weighted by molar-refractivity contribution is 0.303. The van der Waals surface area contributed by atoms with E-state index in [0.29, 0.717) is 19.0 Å². The molecule has 3 aromatic rings. The lowest BCUT2D eigenvalue weighted by Crippen LogP contribution is -2.22. The van der Waals surface area contributed by atoms with Gasteiger partial charge in [-0.1, -0.05) is 44.2 Å². The summed E-state index contributed by atoms with van der Waals surface area (Å²) in [4.78, 5) is 6.51. The molecule has 3 rings (SSSR count). The smallest absolute Gasteiger partial charge is 0.228 e. The molecule has 0 atom stereocenters. The number of hydrogen-bond donors (Lipinski definition) is 1. The predicted molar refractivity (Wildman–Crippen MR) is 118 cm³/mol. The highest BCUT2D eigenvalue weighted by Crippen LogP contribution is 2.21. The Hall–Kier alpha value is -2.45. The number of aryl methyl sites for hydroxylation is 2. The highest BCUT2D eigenvalue weighted by Gasteiger charge is 2.25. The highest BCUT2D eigenvalue weighted by molar-refractivity contribution is 7.90. The lowest BCUT2D eigenvalue weighted by atomic mass is 10.2. The fourth-order valence-electron chi connectivity index (χ4n) is 3.59. The fourth-order valence-corrected chi connectivity index (χ4v) is 5.10. The molecule has 2 aromatic heterocycles. The molecule has 162 valence electrons. The van der Waals surface area contributed by atoms with Gasteiger partial charge >= 0.3 is 0 Å². The van der Waals surface area contributed by atoms with E-state index in [2.05, 4.69) is 33.9 Å². The summed E-state index contributed by atoms with van der Waals surface area (Å²) in [5.74, 6) is 0.248. The Morgan fingerprint density at radius 1 is 1.13 bits per heavy atom. The van der Waals surface area contributed by atoms with Crippen LogP contribution in [0, 0.1) is 19.8 Å².